The van der Waals surface area contributed by atoms with Crippen LogP contribution in [0.15, 0.2) is 24.5 Å². The maximum absolute atomic E-state index is 8.35. The second-order valence-corrected chi connectivity index (χ2v) is 0.987. The number of H-pyrrole nitrogens is 1. The van der Waals surface area contributed by atoms with Gasteiger partial charge in [0.15, 0.2) is 0 Å². The van der Waals surface area contributed by atoms with Crippen LogP contribution in [-0.4, -0.2) is 11.1 Å². The van der Waals surface area contributed by atoms with Gasteiger partial charge in [-0.25, -0.2) is 10.2 Å². The molecule has 0 saturated heterocycles. The summed E-state index contributed by atoms with van der Waals surface area (Å²) in [5.74, 6) is 0. The third kappa shape index (κ3) is 4.66. The summed E-state index contributed by atoms with van der Waals surface area (Å²) in [6, 6.07) is 3.89. The lowest BCUT2D eigenvalue weighted by atomic mass is 10.7. The Hall–Kier alpha value is -1.34. The van der Waals surface area contributed by atoms with E-state index in [-0.39, 0.29) is 0 Å². The van der Waals surface area contributed by atoms with Crippen LogP contribution in [0.2, 0.25) is 0 Å². The minimum absolute atomic E-state index is 0.750. The van der Waals surface area contributed by atoms with E-state index in [1.807, 2.05) is 24.5 Å². The molecule has 3 heteroatoms. The Balaban J connectivity index is 0.000000145. The quantitative estimate of drug-likeness (QED) is 0.378. The van der Waals surface area contributed by atoms with Crippen molar-refractivity contribution in [1.29, 1.82) is 5.41 Å². The Morgan fingerprint density at radius 2 is 1.75 bits per heavy atom. The van der Waals surface area contributed by atoms with Crippen molar-refractivity contribution in [2.45, 2.75) is 0 Å². The Labute approximate surface area is 46.9 Å². The van der Waals surface area contributed by atoms with Crippen LogP contribution in [0.25, 0.3) is 0 Å². The molecule has 1 aromatic rings. The van der Waals surface area contributed by atoms with E-state index in [0.717, 1.165) is 6.08 Å². The van der Waals surface area contributed by atoms with Crippen molar-refractivity contribution in [2.75, 3.05) is 0 Å². The molecule has 0 radical (unpaired) electrons. The molecule has 0 spiro atoms. The first kappa shape index (κ1) is 6.66. The molecule has 0 atom stereocenters. The normalized spacial score (nSPS) is 6.00. The molecule has 2 N–H and O–H groups in total. The van der Waals surface area contributed by atoms with E-state index in [1.54, 1.807) is 0 Å². The van der Waals surface area contributed by atoms with Crippen LogP contribution in [0.5, 0.6) is 0 Å². The zero-order chi connectivity index (χ0) is 6.24. The van der Waals surface area contributed by atoms with Crippen molar-refractivity contribution in [2.24, 2.45) is 0 Å². The number of hydrogen-bond acceptors (Lipinski definition) is 2. The fourth-order valence-corrected chi connectivity index (χ4v) is 0.278. The van der Waals surface area contributed by atoms with Crippen LogP contribution >= 0.6 is 0 Å². The summed E-state index contributed by atoms with van der Waals surface area (Å²) in [5.41, 5.74) is 0. The number of hydrogen-bond donors (Lipinski definition) is 2. The smallest absolute Gasteiger partial charge is 0.231 e. The maximum atomic E-state index is 8.35. The summed E-state index contributed by atoms with van der Waals surface area (Å²) in [6.07, 6.45) is 4.50. The summed E-state index contributed by atoms with van der Waals surface area (Å²) in [5, 5.41) is 5.40. The van der Waals surface area contributed by atoms with Gasteiger partial charge in [0.1, 0.15) is 0 Å². The van der Waals surface area contributed by atoms with Crippen molar-refractivity contribution in [3.63, 3.8) is 0 Å². The first-order valence-electron chi connectivity index (χ1n) is 2.03. The highest BCUT2D eigenvalue weighted by atomic mass is 16.1. The molecule has 0 aliphatic carbocycles. The van der Waals surface area contributed by atoms with Gasteiger partial charge in [-0.05, 0) is 12.1 Å². The molecule has 0 aliphatic heterocycles. The molecule has 0 aliphatic rings. The molecule has 0 aromatic carbocycles. The van der Waals surface area contributed by atoms with E-state index in [9.17, 15) is 0 Å². The highest BCUT2D eigenvalue weighted by Crippen LogP contribution is 1.72. The number of nitrogens with one attached hydrogen (secondary N) is 2. The van der Waals surface area contributed by atoms with Crippen molar-refractivity contribution >= 4 is 6.08 Å². The molecule has 1 rings (SSSR count). The molecular formula is C5H6N2O. The second kappa shape index (κ2) is 5.66. The van der Waals surface area contributed by atoms with Gasteiger partial charge in [-0.2, -0.15) is 0 Å². The third-order valence-electron chi connectivity index (χ3n) is 0.496. The highest BCUT2D eigenvalue weighted by molar-refractivity contribution is 5.26. The van der Waals surface area contributed by atoms with E-state index >= 15 is 0 Å². The number of aromatic amines is 1. The minimum atomic E-state index is 0.750. The molecule has 1 aromatic heterocycles. The average Bonchev–Trinajstić information content (AvgIpc) is 2.17. The molecule has 42 valence electrons. The summed E-state index contributed by atoms with van der Waals surface area (Å²) in [6.45, 7) is 0. The van der Waals surface area contributed by atoms with Crippen LogP contribution in [0.3, 0.4) is 0 Å². The van der Waals surface area contributed by atoms with Gasteiger partial charge in [-0.1, -0.05) is 0 Å². The Kier molecular flexibility index (Phi) is 4.71. The standard InChI is InChI=1S/C4H5N.CHNO/c1-2-4-5-3-1;2-1-3/h1-5H;2H. The van der Waals surface area contributed by atoms with Gasteiger partial charge in [-0.3, -0.25) is 0 Å². The van der Waals surface area contributed by atoms with Gasteiger partial charge in [0.2, 0.25) is 6.08 Å². The fraction of sp³-hybridized carbons (Fsp3) is 0. The Morgan fingerprint density at radius 1 is 1.38 bits per heavy atom. The maximum Gasteiger partial charge on any atom is 0.231 e. The van der Waals surface area contributed by atoms with Crippen LogP contribution in [0, 0.1) is 5.41 Å². The Morgan fingerprint density at radius 3 is 1.88 bits per heavy atom. The van der Waals surface area contributed by atoms with E-state index in [1.165, 1.54) is 0 Å². The van der Waals surface area contributed by atoms with Gasteiger partial charge < -0.3 is 4.98 Å². The minimum Gasteiger partial charge on any atom is -0.368 e. The topological polar surface area (TPSA) is 56.7 Å². The molecule has 0 saturated carbocycles. The van der Waals surface area contributed by atoms with E-state index in [2.05, 4.69) is 4.98 Å². The van der Waals surface area contributed by atoms with Crippen LogP contribution in [0.1, 0.15) is 0 Å². The predicted molar refractivity (Wildman–Crippen MR) is 29.2 cm³/mol. The monoisotopic (exact) mass is 110 g/mol. The summed E-state index contributed by atoms with van der Waals surface area (Å²) in [4.78, 5) is 11.2. The molecule has 1 heterocycles. The van der Waals surface area contributed by atoms with Crippen molar-refractivity contribution in [3.8, 4) is 0 Å². The lowest BCUT2D eigenvalue weighted by Crippen LogP contribution is -1.38. The van der Waals surface area contributed by atoms with Gasteiger partial charge >= 0.3 is 0 Å². The van der Waals surface area contributed by atoms with Crippen LogP contribution in [-0.2, 0) is 4.79 Å². The van der Waals surface area contributed by atoms with Gasteiger partial charge in [0.05, 0.1) is 0 Å². The van der Waals surface area contributed by atoms with Crippen molar-refractivity contribution in [1.82, 2.24) is 4.98 Å². The SMILES string of the molecule is N=C=O.c1cc[nH]c1. The molecular weight excluding hydrogens is 104 g/mol. The van der Waals surface area contributed by atoms with E-state index < -0.39 is 0 Å². The highest BCUT2D eigenvalue weighted by Gasteiger charge is 1.55. The zero-order valence-corrected chi connectivity index (χ0v) is 4.22. The number of aromatic nitrogens is 1. The van der Waals surface area contributed by atoms with Gasteiger partial charge in [0.25, 0.3) is 0 Å². The second-order valence-electron chi connectivity index (χ2n) is 0.987. The van der Waals surface area contributed by atoms with Crippen LogP contribution in [0.4, 0.5) is 0 Å². The molecule has 0 bridgehead atoms. The first-order chi connectivity index (χ1) is 3.91. The summed E-state index contributed by atoms with van der Waals surface area (Å²) in [7, 11) is 0. The lowest BCUT2D eigenvalue weighted by molar-refractivity contribution is 0.563. The summed E-state index contributed by atoms with van der Waals surface area (Å²) >= 11 is 0. The molecule has 0 fully saturated rings. The number of rotatable bonds is 0. The van der Waals surface area contributed by atoms with Crippen molar-refractivity contribution in [3.05, 3.63) is 24.5 Å². The van der Waals surface area contributed by atoms with Gasteiger partial charge in [0, 0.05) is 12.4 Å². The lowest BCUT2D eigenvalue weighted by Gasteiger charge is -1.49. The number of isocyanates is 1. The van der Waals surface area contributed by atoms with Gasteiger partial charge in [-0.15, -0.1) is 0 Å². The molecule has 8 heavy (non-hydrogen) atoms. The molecule has 0 unspecified atom stereocenters. The predicted octanol–water partition coefficient (Wildman–Crippen LogP) is 0.916. The molecule has 0 amide bonds. The summed E-state index contributed by atoms with van der Waals surface area (Å²) < 4.78 is 0. The third-order valence-corrected chi connectivity index (χ3v) is 0.496. The Bertz CT molecular complexity index is 122. The number of carbonyl (C=O) groups excluding carboxylic acids is 1. The largest absolute Gasteiger partial charge is 0.368 e. The fourth-order valence-electron chi connectivity index (χ4n) is 0.278. The van der Waals surface area contributed by atoms with E-state index in [0.29, 0.717) is 0 Å². The average molecular weight is 110 g/mol. The first-order valence-corrected chi connectivity index (χ1v) is 2.03. The van der Waals surface area contributed by atoms with Crippen molar-refractivity contribution < 1.29 is 4.79 Å². The molecule has 3 nitrogen and oxygen atoms in total. The van der Waals surface area contributed by atoms with E-state index in [4.69, 9.17) is 10.2 Å². The van der Waals surface area contributed by atoms with Crippen LogP contribution < -0.4 is 0 Å². The zero-order valence-electron chi connectivity index (χ0n) is 4.22.